The van der Waals surface area contributed by atoms with Gasteiger partial charge in [0.25, 0.3) is 0 Å². The van der Waals surface area contributed by atoms with E-state index in [0.29, 0.717) is 12.6 Å². The van der Waals surface area contributed by atoms with Crippen LogP contribution in [0.2, 0.25) is 0 Å². The number of hydrogen-bond donors (Lipinski definition) is 1. The molecule has 0 saturated carbocycles. The molecule has 194 valence electrons. The van der Waals surface area contributed by atoms with Crippen LogP contribution in [0.4, 0.5) is 0 Å². The molecular formula is C31H42N2O3. The SMILES string of the molecule is CC(C)N(C)C=O.COc1ccc(C)cc1OCc1ccccc1.c1ccc(C[C@H]2CCNC2)cc1. The van der Waals surface area contributed by atoms with Crippen LogP contribution < -0.4 is 14.8 Å². The van der Waals surface area contributed by atoms with E-state index in [2.05, 4.69) is 35.6 Å². The number of rotatable bonds is 8. The maximum absolute atomic E-state index is 9.87. The quantitative estimate of drug-likeness (QED) is 0.399. The van der Waals surface area contributed by atoms with Crippen LogP contribution in [0.25, 0.3) is 0 Å². The van der Waals surface area contributed by atoms with Gasteiger partial charge in [-0.15, -0.1) is 0 Å². The summed E-state index contributed by atoms with van der Waals surface area (Å²) in [6.07, 6.45) is 3.41. The van der Waals surface area contributed by atoms with Crippen LogP contribution >= 0.6 is 0 Å². The van der Waals surface area contributed by atoms with Crippen molar-refractivity contribution in [2.75, 3.05) is 27.2 Å². The topological polar surface area (TPSA) is 50.8 Å². The highest BCUT2D eigenvalue weighted by atomic mass is 16.5. The van der Waals surface area contributed by atoms with Gasteiger partial charge in [0.1, 0.15) is 6.61 Å². The molecule has 1 saturated heterocycles. The van der Waals surface area contributed by atoms with Gasteiger partial charge in [-0.1, -0.05) is 66.7 Å². The average molecular weight is 491 g/mol. The summed E-state index contributed by atoms with van der Waals surface area (Å²) in [6, 6.07) is 27.1. The number of carbonyl (C=O) groups excluding carboxylic acids is 1. The Hall–Kier alpha value is -3.31. The predicted octanol–water partition coefficient (Wildman–Crippen LogP) is 5.90. The number of amides is 1. The number of carbonyl (C=O) groups is 1. The highest BCUT2D eigenvalue weighted by molar-refractivity contribution is 5.46. The number of nitrogens with zero attached hydrogens (tertiary/aromatic N) is 1. The Morgan fingerprint density at radius 1 is 0.972 bits per heavy atom. The zero-order valence-electron chi connectivity index (χ0n) is 22.4. The molecule has 1 fully saturated rings. The predicted molar refractivity (Wildman–Crippen MR) is 149 cm³/mol. The molecule has 0 aromatic heterocycles. The van der Waals surface area contributed by atoms with Gasteiger partial charge in [-0.25, -0.2) is 0 Å². The average Bonchev–Trinajstić information content (AvgIpc) is 3.42. The lowest BCUT2D eigenvalue weighted by molar-refractivity contribution is -0.118. The summed E-state index contributed by atoms with van der Waals surface area (Å²) in [7, 11) is 3.41. The number of aryl methyl sites for hydroxylation is 1. The van der Waals surface area contributed by atoms with Crippen LogP contribution in [-0.4, -0.2) is 44.6 Å². The van der Waals surface area contributed by atoms with Crippen LogP contribution in [0.15, 0.2) is 78.9 Å². The van der Waals surface area contributed by atoms with Gasteiger partial charge in [0.2, 0.25) is 6.41 Å². The zero-order valence-corrected chi connectivity index (χ0v) is 22.4. The summed E-state index contributed by atoms with van der Waals surface area (Å²) in [5.41, 5.74) is 3.79. The second-order valence-electron chi connectivity index (χ2n) is 9.34. The van der Waals surface area contributed by atoms with Gasteiger partial charge in [-0.05, 0) is 81.4 Å². The number of nitrogens with one attached hydrogen (secondary N) is 1. The van der Waals surface area contributed by atoms with Crippen LogP contribution in [0.5, 0.6) is 11.5 Å². The zero-order chi connectivity index (χ0) is 26.2. The van der Waals surface area contributed by atoms with Gasteiger partial charge in [-0.2, -0.15) is 0 Å². The number of ether oxygens (including phenoxy) is 2. The van der Waals surface area contributed by atoms with Crippen LogP contribution in [0.3, 0.4) is 0 Å². The highest BCUT2D eigenvalue weighted by Gasteiger charge is 2.14. The second kappa shape index (κ2) is 16.4. The molecule has 0 unspecified atom stereocenters. The smallest absolute Gasteiger partial charge is 0.209 e. The van der Waals surface area contributed by atoms with Gasteiger partial charge < -0.3 is 19.7 Å². The fraction of sp³-hybridized carbons (Fsp3) is 0.387. The molecule has 3 aromatic rings. The molecule has 1 amide bonds. The van der Waals surface area contributed by atoms with E-state index >= 15 is 0 Å². The molecule has 1 aliphatic rings. The summed E-state index contributed by atoms with van der Waals surface area (Å²) < 4.78 is 11.0. The van der Waals surface area contributed by atoms with Crippen molar-refractivity contribution in [2.45, 2.75) is 46.3 Å². The first-order valence-electron chi connectivity index (χ1n) is 12.7. The van der Waals surface area contributed by atoms with Crippen molar-refractivity contribution in [3.63, 3.8) is 0 Å². The van der Waals surface area contributed by atoms with E-state index in [1.807, 2.05) is 69.3 Å². The summed E-state index contributed by atoms with van der Waals surface area (Å²) in [5, 5.41) is 3.39. The lowest BCUT2D eigenvalue weighted by Gasteiger charge is -2.13. The van der Waals surface area contributed by atoms with Crippen molar-refractivity contribution in [3.05, 3.63) is 95.6 Å². The standard InChI is InChI=1S/C15H16O2.C11H15N.C5H11NO/c1-12-8-9-14(16-2)15(10-12)17-11-13-6-4-3-5-7-13;1-2-4-10(5-3-1)8-11-6-7-12-9-11;1-5(2)6(3)4-7/h3-10H,11H2,1-2H3;1-5,11-12H,6-9H2;4-5H,1-3H3/t;11-;/m.1./s1. The molecule has 1 atom stereocenters. The van der Waals surface area contributed by atoms with Crippen molar-refractivity contribution in [1.29, 1.82) is 0 Å². The van der Waals surface area contributed by atoms with Crippen molar-refractivity contribution >= 4 is 6.41 Å². The van der Waals surface area contributed by atoms with Crippen LogP contribution in [0, 0.1) is 12.8 Å². The van der Waals surface area contributed by atoms with E-state index in [0.717, 1.165) is 35.0 Å². The minimum Gasteiger partial charge on any atom is -0.493 e. The molecule has 0 spiro atoms. The molecule has 0 radical (unpaired) electrons. The van der Waals surface area contributed by atoms with Crippen molar-refractivity contribution in [1.82, 2.24) is 10.2 Å². The maximum Gasteiger partial charge on any atom is 0.209 e. The molecule has 3 aromatic carbocycles. The van der Waals surface area contributed by atoms with Crippen molar-refractivity contribution < 1.29 is 14.3 Å². The fourth-order valence-corrected chi connectivity index (χ4v) is 3.59. The molecule has 4 rings (SSSR count). The van der Waals surface area contributed by atoms with Crippen molar-refractivity contribution in [3.8, 4) is 11.5 Å². The summed E-state index contributed by atoms with van der Waals surface area (Å²) >= 11 is 0. The van der Waals surface area contributed by atoms with Gasteiger partial charge in [0.05, 0.1) is 7.11 Å². The lowest BCUT2D eigenvalue weighted by Crippen LogP contribution is -2.23. The molecular weight excluding hydrogens is 448 g/mol. The minimum atomic E-state index is 0.331. The fourth-order valence-electron chi connectivity index (χ4n) is 3.59. The first-order chi connectivity index (χ1) is 17.4. The summed E-state index contributed by atoms with van der Waals surface area (Å²) in [4.78, 5) is 11.5. The molecule has 36 heavy (non-hydrogen) atoms. The Morgan fingerprint density at radius 3 is 2.11 bits per heavy atom. The van der Waals surface area contributed by atoms with E-state index < -0.39 is 0 Å². The third kappa shape index (κ3) is 11.0. The minimum absolute atomic E-state index is 0.331. The maximum atomic E-state index is 9.87. The Labute approximate surface area is 217 Å². The summed E-state index contributed by atoms with van der Waals surface area (Å²) in [6.45, 7) is 8.94. The molecule has 5 nitrogen and oxygen atoms in total. The largest absolute Gasteiger partial charge is 0.493 e. The molecule has 0 bridgehead atoms. The van der Waals surface area contributed by atoms with Gasteiger partial charge in [0.15, 0.2) is 11.5 Å². The monoisotopic (exact) mass is 490 g/mol. The van der Waals surface area contributed by atoms with E-state index in [4.69, 9.17) is 9.47 Å². The third-order valence-corrected chi connectivity index (χ3v) is 6.07. The Bertz CT molecular complexity index is 987. The molecule has 1 N–H and O–H groups in total. The first-order valence-corrected chi connectivity index (χ1v) is 12.7. The number of methoxy groups -OCH3 is 1. The van der Waals surface area contributed by atoms with Gasteiger partial charge in [-0.3, -0.25) is 4.79 Å². The summed E-state index contributed by atoms with van der Waals surface area (Å²) in [5.74, 6) is 2.43. The van der Waals surface area contributed by atoms with Crippen LogP contribution in [-0.2, 0) is 17.8 Å². The van der Waals surface area contributed by atoms with E-state index in [9.17, 15) is 4.79 Å². The third-order valence-electron chi connectivity index (χ3n) is 6.07. The lowest BCUT2D eigenvalue weighted by atomic mass is 9.99. The van der Waals surface area contributed by atoms with E-state index in [1.165, 1.54) is 31.5 Å². The van der Waals surface area contributed by atoms with Gasteiger partial charge >= 0.3 is 0 Å². The Kier molecular flexibility index (Phi) is 13.2. The number of hydrogen-bond acceptors (Lipinski definition) is 4. The second-order valence-corrected chi connectivity index (χ2v) is 9.34. The Balaban J connectivity index is 0.000000209. The van der Waals surface area contributed by atoms with E-state index in [-0.39, 0.29) is 0 Å². The van der Waals surface area contributed by atoms with Gasteiger partial charge in [0, 0.05) is 13.1 Å². The normalized spacial score (nSPS) is 14.1. The first kappa shape index (κ1) is 28.9. The molecule has 1 heterocycles. The molecule has 1 aliphatic heterocycles. The highest BCUT2D eigenvalue weighted by Crippen LogP contribution is 2.28. The van der Waals surface area contributed by atoms with Crippen LogP contribution in [0.1, 0.15) is 37.0 Å². The molecule has 0 aliphatic carbocycles. The number of benzene rings is 3. The molecule has 5 heteroatoms. The Morgan fingerprint density at radius 2 is 1.61 bits per heavy atom. The van der Waals surface area contributed by atoms with Crippen molar-refractivity contribution in [2.24, 2.45) is 5.92 Å². The van der Waals surface area contributed by atoms with E-state index in [1.54, 1.807) is 19.1 Å².